The fourth-order valence-electron chi connectivity index (χ4n) is 0.342. The summed E-state index contributed by atoms with van der Waals surface area (Å²) in [4.78, 5) is 0. The third kappa shape index (κ3) is 14.8. The molecule has 0 radical (unpaired) electrons. The Morgan fingerprint density at radius 2 is 1.62 bits per heavy atom. The fourth-order valence-corrected chi connectivity index (χ4v) is 0.628. The van der Waals surface area contributed by atoms with Crippen LogP contribution in [0.15, 0.2) is 24.3 Å². The second-order valence-electron chi connectivity index (χ2n) is 2.55. The molecule has 0 aliphatic rings. The Hall–Kier alpha value is 0.0200. The zero-order valence-electron chi connectivity index (χ0n) is 8.41. The molecule has 0 N–H and O–H groups in total. The van der Waals surface area contributed by atoms with Crippen LogP contribution in [-0.4, -0.2) is 25.5 Å². The number of allylic oxidation sites excluding steroid dienone is 1. The van der Waals surface area contributed by atoms with E-state index in [9.17, 15) is 0 Å². The van der Waals surface area contributed by atoms with Crippen LogP contribution < -0.4 is 0 Å². The fraction of sp³-hybridized carbons (Fsp3) is 0.600. The molecule has 0 heterocycles. The molecule has 0 saturated carbocycles. The van der Waals surface area contributed by atoms with E-state index in [0.717, 1.165) is 17.6 Å². The Morgan fingerprint density at radius 3 is 1.69 bits per heavy atom. The van der Waals surface area contributed by atoms with E-state index in [1.54, 1.807) is 7.11 Å². The van der Waals surface area contributed by atoms with E-state index in [0.29, 0.717) is 18.4 Å². The Kier molecular flexibility index (Phi) is 14.3. The summed E-state index contributed by atoms with van der Waals surface area (Å²) in [5.74, 6) is 0.951. The van der Waals surface area contributed by atoms with Crippen LogP contribution in [0.2, 0.25) is 0 Å². The van der Waals surface area contributed by atoms with E-state index in [-0.39, 0.29) is 0 Å². The van der Waals surface area contributed by atoms with Crippen molar-refractivity contribution in [3.8, 4) is 0 Å². The van der Waals surface area contributed by atoms with Crippen molar-refractivity contribution in [3.63, 3.8) is 0 Å². The molecule has 0 aliphatic heterocycles. The van der Waals surface area contributed by atoms with E-state index in [2.05, 4.69) is 20.1 Å². The van der Waals surface area contributed by atoms with Gasteiger partial charge in [0.05, 0.1) is 6.61 Å². The first-order valence-electron chi connectivity index (χ1n) is 4.06. The summed E-state index contributed by atoms with van der Waals surface area (Å²) < 4.78 is 4.79. The number of halogens is 2. The molecule has 0 unspecified atom stereocenters. The maximum Gasteiger partial charge on any atom is 0.0670 e. The number of ether oxygens (including phenoxy) is 1. The number of rotatable bonds is 5. The van der Waals surface area contributed by atoms with Crippen molar-refractivity contribution >= 4 is 23.2 Å². The highest BCUT2D eigenvalue weighted by molar-refractivity contribution is 6.23. The standard InChI is InChI=1S/C6H12O.C4H6Cl2/c1-4-6(2)5-7-3;1-4(2-5)3-6/h2,4-5H2,1,3H3;1-3H2. The Balaban J connectivity index is 0. The first-order valence-corrected chi connectivity index (χ1v) is 5.13. The summed E-state index contributed by atoms with van der Waals surface area (Å²) >= 11 is 10.5. The normalized spacial score (nSPS) is 8.62. The van der Waals surface area contributed by atoms with Gasteiger partial charge in [-0.05, 0) is 12.0 Å². The van der Waals surface area contributed by atoms with Gasteiger partial charge in [0.1, 0.15) is 0 Å². The first-order chi connectivity index (χ1) is 6.12. The molecular formula is C10H18Cl2O. The summed E-state index contributed by atoms with van der Waals surface area (Å²) in [6.07, 6.45) is 1.02. The minimum Gasteiger partial charge on any atom is -0.380 e. The molecule has 0 amide bonds. The quantitative estimate of drug-likeness (QED) is 0.513. The molecule has 0 aromatic carbocycles. The van der Waals surface area contributed by atoms with Gasteiger partial charge < -0.3 is 4.74 Å². The van der Waals surface area contributed by atoms with Gasteiger partial charge in [-0.2, -0.15) is 0 Å². The molecule has 0 aromatic rings. The molecule has 78 valence electrons. The molecule has 0 atom stereocenters. The molecule has 13 heavy (non-hydrogen) atoms. The Bertz CT molecular complexity index is 138. The number of methoxy groups -OCH3 is 1. The van der Waals surface area contributed by atoms with E-state index < -0.39 is 0 Å². The maximum absolute atomic E-state index is 5.27. The monoisotopic (exact) mass is 224 g/mol. The maximum atomic E-state index is 5.27. The van der Waals surface area contributed by atoms with E-state index >= 15 is 0 Å². The van der Waals surface area contributed by atoms with E-state index in [1.165, 1.54) is 0 Å². The third-order valence-corrected chi connectivity index (χ3v) is 1.98. The van der Waals surface area contributed by atoms with Crippen molar-refractivity contribution in [3.05, 3.63) is 24.3 Å². The van der Waals surface area contributed by atoms with Crippen molar-refractivity contribution < 1.29 is 4.74 Å². The van der Waals surface area contributed by atoms with Crippen LogP contribution in [0.5, 0.6) is 0 Å². The lowest BCUT2D eigenvalue weighted by atomic mass is 10.3. The molecule has 0 aliphatic carbocycles. The van der Waals surface area contributed by atoms with Gasteiger partial charge in [-0.3, -0.25) is 0 Å². The third-order valence-electron chi connectivity index (χ3n) is 1.23. The lowest BCUT2D eigenvalue weighted by molar-refractivity contribution is 0.224. The molecule has 0 aromatic heterocycles. The molecule has 0 saturated heterocycles. The zero-order chi connectivity index (χ0) is 10.7. The van der Waals surface area contributed by atoms with Crippen molar-refractivity contribution in [2.75, 3.05) is 25.5 Å². The SMILES string of the molecule is C=C(CC)COC.C=C(CCl)CCl. The summed E-state index contributed by atoms with van der Waals surface area (Å²) in [7, 11) is 1.68. The highest BCUT2D eigenvalue weighted by Gasteiger charge is 1.83. The van der Waals surface area contributed by atoms with Gasteiger partial charge in [0.25, 0.3) is 0 Å². The van der Waals surface area contributed by atoms with Crippen molar-refractivity contribution in [2.24, 2.45) is 0 Å². The number of hydrogen-bond acceptors (Lipinski definition) is 1. The minimum absolute atomic E-state index is 0.476. The molecule has 0 fully saturated rings. The van der Waals surface area contributed by atoms with Gasteiger partial charge in [0.15, 0.2) is 0 Å². The van der Waals surface area contributed by atoms with Crippen LogP contribution in [0.3, 0.4) is 0 Å². The number of hydrogen-bond donors (Lipinski definition) is 0. The molecular weight excluding hydrogens is 207 g/mol. The highest BCUT2D eigenvalue weighted by Crippen LogP contribution is 1.94. The minimum atomic E-state index is 0.476. The number of alkyl halides is 2. The largest absolute Gasteiger partial charge is 0.380 e. The lowest BCUT2D eigenvalue weighted by Crippen LogP contribution is -1.89. The molecule has 1 nitrogen and oxygen atoms in total. The topological polar surface area (TPSA) is 9.23 Å². The molecule has 0 bridgehead atoms. The summed E-state index contributed by atoms with van der Waals surface area (Å²) in [5, 5.41) is 0. The summed E-state index contributed by atoms with van der Waals surface area (Å²) in [6, 6.07) is 0. The molecule has 0 rings (SSSR count). The lowest BCUT2D eigenvalue weighted by Gasteiger charge is -1.95. The molecule has 0 spiro atoms. The summed E-state index contributed by atoms with van der Waals surface area (Å²) in [5.41, 5.74) is 2.03. The Labute approximate surface area is 91.4 Å². The zero-order valence-corrected chi connectivity index (χ0v) is 9.92. The average Bonchev–Trinajstić information content (AvgIpc) is 2.18. The van der Waals surface area contributed by atoms with Crippen molar-refractivity contribution in [2.45, 2.75) is 13.3 Å². The molecule has 3 heteroatoms. The van der Waals surface area contributed by atoms with Gasteiger partial charge in [0, 0.05) is 18.9 Å². The van der Waals surface area contributed by atoms with Crippen LogP contribution in [-0.2, 0) is 4.74 Å². The van der Waals surface area contributed by atoms with Crippen LogP contribution in [0, 0.1) is 0 Å². The summed E-state index contributed by atoms with van der Waals surface area (Å²) in [6.45, 7) is 10.0. The van der Waals surface area contributed by atoms with E-state index in [4.69, 9.17) is 27.9 Å². The van der Waals surface area contributed by atoms with Crippen molar-refractivity contribution in [1.29, 1.82) is 0 Å². The highest BCUT2D eigenvalue weighted by atomic mass is 35.5. The van der Waals surface area contributed by atoms with Crippen LogP contribution in [0.4, 0.5) is 0 Å². The van der Waals surface area contributed by atoms with Gasteiger partial charge in [-0.15, -0.1) is 23.2 Å². The average molecular weight is 225 g/mol. The van der Waals surface area contributed by atoms with E-state index in [1.807, 2.05) is 0 Å². The van der Waals surface area contributed by atoms with Gasteiger partial charge >= 0.3 is 0 Å². The smallest absolute Gasteiger partial charge is 0.0670 e. The predicted molar refractivity (Wildman–Crippen MR) is 61.9 cm³/mol. The van der Waals surface area contributed by atoms with Gasteiger partial charge in [0.2, 0.25) is 0 Å². The predicted octanol–water partition coefficient (Wildman–Crippen LogP) is 3.62. The van der Waals surface area contributed by atoms with Crippen LogP contribution >= 0.6 is 23.2 Å². The van der Waals surface area contributed by atoms with Crippen LogP contribution in [0.1, 0.15) is 13.3 Å². The van der Waals surface area contributed by atoms with Gasteiger partial charge in [-0.1, -0.05) is 25.7 Å². The van der Waals surface area contributed by atoms with Crippen molar-refractivity contribution in [1.82, 2.24) is 0 Å². The second kappa shape index (κ2) is 12.0. The van der Waals surface area contributed by atoms with Crippen LogP contribution in [0.25, 0.3) is 0 Å². The second-order valence-corrected chi connectivity index (χ2v) is 3.09. The first kappa shape index (κ1) is 15.5. The Morgan fingerprint density at radius 1 is 1.15 bits per heavy atom. The van der Waals surface area contributed by atoms with Gasteiger partial charge in [-0.25, -0.2) is 0 Å².